The van der Waals surface area contributed by atoms with Gasteiger partial charge in [-0.1, -0.05) is 13.8 Å². The molecule has 98 valence electrons. The van der Waals surface area contributed by atoms with Gasteiger partial charge in [-0.05, 0) is 19.3 Å². The molecule has 0 aliphatic carbocycles. The van der Waals surface area contributed by atoms with Crippen molar-refractivity contribution >= 4 is 11.8 Å². The highest BCUT2D eigenvalue weighted by Crippen LogP contribution is 2.21. The summed E-state index contributed by atoms with van der Waals surface area (Å²) in [6, 6.07) is 0. The monoisotopic (exact) mass is 244 g/mol. The van der Waals surface area contributed by atoms with Crippen LogP contribution >= 0.6 is 0 Å². The smallest absolute Gasteiger partial charge is 0.248 e. The minimum atomic E-state index is -0.788. The van der Waals surface area contributed by atoms with Crippen molar-refractivity contribution in [1.82, 2.24) is 10.2 Å². The van der Waals surface area contributed by atoms with E-state index in [-0.39, 0.29) is 11.8 Å². The van der Waals surface area contributed by atoms with Crippen LogP contribution in [0.5, 0.6) is 0 Å². The van der Waals surface area contributed by atoms with Gasteiger partial charge in [0, 0.05) is 19.5 Å². The van der Waals surface area contributed by atoms with Crippen molar-refractivity contribution in [3.05, 3.63) is 0 Å². The second-order valence-corrected chi connectivity index (χ2v) is 4.42. The molecule has 1 rings (SSSR count). The van der Waals surface area contributed by atoms with Crippen molar-refractivity contribution < 1.29 is 14.0 Å². The molecule has 5 heteroatoms. The molecule has 0 radical (unpaired) electrons. The molecule has 1 aliphatic heterocycles. The molecule has 1 aliphatic rings. The van der Waals surface area contributed by atoms with Crippen LogP contribution in [0.1, 0.15) is 39.5 Å². The van der Waals surface area contributed by atoms with Gasteiger partial charge in [0.05, 0.1) is 6.67 Å². The highest BCUT2D eigenvalue weighted by molar-refractivity contribution is 5.93. The highest BCUT2D eigenvalue weighted by atomic mass is 19.1. The van der Waals surface area contributed by atoms with Crippen LogP contribution in [0, 0.1) is 0 Å². The van der Waals surface area contributed by atoms with Crippen LogP contribution < -0.4 is 5.32 Å². The third-order valence-electron chi connectivity index (χ3n) is 3.45. The number of amides is 2. The summed E-state index contributed by atoms with van der Waals surface area (Å²) < 4.78 is 12.2. The number of nitrogens with one attached hydrogen (secondary N) is 1. The molecule has 0 atom stereocenters. The molecule has 0 spiro atoms. The maximum absolute atomic E-state index is 12.4. The molecule has 2 amide bonds. The van der Waals surface area contributed by atoms with Crippen LogP contribution in [0.4, 0.5) is 4.39 Å². The Kier molecular flexibility index (Phi) is 4.90. The third kappa shape index (κ3) is 2.96. The van der Waals surface area contributed by atoms with E-state index in [1.165, 1.54) is 0 Å². The van der Waals surface area contributed by atoms with Crippen LogP contribution in [0.25, 0.3) is 0 Å². The number of hydrogen-bond acceptors (Lipinski definition) is 2. The Bertz CT molecular complexity index is 290. The average molecular weight is 244 g/mol. The molecule has 1 saturated heterocycles. The maximum Gasteiger partial charge on any atom is 0.248 e. The van der Waals surface area contributed by atoms with E-state index < -0.39 is 12.2 Å². The quantitative estimate of drug-likeness (QED) is 0.791. The number of hydrogen-bond donors (Lipinski definition) is 1. The van der Waals surface area contributed by atoms with Gasteiger partial charge in [0.1, 0.15) is 5.54 Å². The summed E-state index contributed by atoms with van der Waals surface area (Å²) in [5.41, 5.74) is -0.788. The van der Waals surface area contributed by atoms with Crippen LogP contribution in [-0.2, 0) is 9.59 Å². The maximum atomic E-state index is 12.4. The van der Waals surface area contributed by atoms with Gasteiger partial charge in [0.2, 0.25) is 11.8 Å². The summed E-state index contributed by atoms with van der Waals surface area (Å²) in [5, 5.41) is 2.82. The molecule has 1 N–H and O–H groups in total. The van der Waals surface area contributed by atoms with Gasteiger partial charge in [-0.2, -0.15) is 0 Å². The first-order valence-corrected chi connectivity index (χ1v) is 6.26. The topological polar surface area (TPSA) is 49.4 Å². The fourth-order valence-corrected chi connectivity index (χ4v) is 2.22. The van der Waals surface area contributed by atoms with E-state index >= 15 is 0 Å². The second-order valence-electron chi connectivity index (χ2n) is 4.42. The summed E-state index contributed by atoms with van der Waals surface area (Å²) >= 11 is 0. The Morgan fingerprint density at radius 2 is 2.00 bits per heavy atom. The summed E-state index contributed by atoms with van der Waals surface area (Å²) in [6.07, 6.45) is 1.78. The molecule has 17 heavy (non-hydrogen) atoms. The van der Waals surface area contributed by atoms with Crippen LogP contribution in [0.15, 0.2) is 0 Å². The van der Waals surface area contributed by atoms with Gasteiger partial charge in [-0.25, -0.2) is 0 Å². The molecule has 1 heterocycles. The van der Waals surface area contributed by atoms with Crippen LogP contribution in [-0.4, -0.2) is 42.0 Å². The molecule has 0 unspecified atom stereocenters. The van der Waals surface area contributed by atoms with E-state index in [9.17, 15) is 14.0 Å². The van der Waals surface area contributed by atoms with Crippen molar-refractivity contribution in [1.29, 1.82) is 0 Å². The summed E-state index contributed by atoms with van der Waals surface area (Å²) in [5.74, 6) is -0.161. The van der Waals surface area contributed by atoms with Gasteiger partial charge < -0.3 is 10.2 Å². The molecule has 0 aromatic heterocycles. The second kappa shape index (κ2) is 5.98. The lowest BCUT2D eigenvalue weighted by atomic mass is 9.91. The lowest BCUT2D eigenvalue weighted by Crippen LogP contribution is -2.56. The SMILES string of the molecule is CCC1(CC)NC(=O)CCN(CCCF)C1=O. The normalized spacial score (nSPS) is 20.1. The Morgan fingerprint density at radius 1 is 1.35 bits per heavy atom. The van der Waals surface area contributed by atoms with Gasteiger partial charge in [0.15, 0.2) is 0 Å². The molecule has 4 nitrogen and oxygen atoms in total. The molecule has 1 fully saturated rings. The van der Waals surface area contributed by atoms with Gasteiger partial charge in [-0.15, -0.1) is 0 Å². The van der Waals surface area contributed by atoms with Gasteiger partial charge in [0.25, 0.3) is 0 Å². The number of halogens is 1. The van der Waals surface area contributed by atoms with E-state index in [1.54, 1.807) is 4.90 Å². The Hall–Kier alpha value is -1.13. The average Bonchev–Trinajstić information content (AvgIpc) is 2.46. The summed E-state index contributed by atoms with van der Waals surface area (Å²) in [7, 11) is 0. The standard InChI is InChI=1S/C12H21FN2O2/c1-3-12(4-2)11(17)15(8-5-7-13)9-6-10(16)14-12/h3-9H2,1-2H3,(H,14,16). The largest absolute Gasteiger partial charge is 0.342 e. The van der Waals surface area contributed by atoms with Crippen molar-refractivity contribution in [3.8, 4) is 0 Å². The number of rotatable bonds is 5. The molecule has 0 saturated carbocycles. The van der Waals surface area contributed by atoms with Crippen molar-refractivity contribution in [2.45, 2.75) is 45.1 Å². The van der Waals surface area contributed by atoms with E-state index in [0.717, 1.165) is 0 Å². The zero-order valence-corrected chi connectivity index (χ0v) is 10.6. The predicted octanol–water partition coefficient (Wildman–Crippen LogP) is 1.25. The van der Waals surface area contributed by atoms with E-state index in [4.69, 9.17) is 0 Å². The zero-order valence-electron chi connectivity index (χ0n) is 10.6. The van der Waals surface area contributed by atoms with Crippen molar-refractivity contribution in [2.75, 3.05) is 19.8 Å². The molecule has 0 bridgehead atoms. The fraction of sp³-hybridized carbons (Fsp3) is 0.833. The molecule has 0 aromatic carbocycles. The van der Waals surface area contributed by atoms with E-state index in [2.05, 4.69) is 5.32 Å². The molecular weight excluding hydrogens is 223 g/mol. The lowest BCUT2D eigenvalue weighted by molar-refractivity contribution is -0.139. The first kappa shape index (κ1) is 13.9. The number of alkyl halides is 1. The van der Waals surface area contributed by atoms with E-state index in [1.807, 2.05) is 13.8 Å². The number of carbonyl (C=O) groups excluding carboxylic acids is 2. The molecular formula is C12H21FN2O2. The number of carbonyl (C=O) groups is 2. The fourth-order valence-electron chi connectivity index (χ4n) is 2.22. The minimum Gasteiger partial charge on any atom is -0.342 e. The summed E-state index contributed by atoms with van der Waals surface area (Å²) in [6.45, 7) is 4.13. The van der Waals surface area contributed by atoms with Crippen molar-refractivity contribution in [3.63, 3.8) is 0 Å². The number of nitrogens with zero attached hydrogens (tertiary/aromatic N) is 1. The first-order chi connectivity index (χ1) is 8.09. The van der Waals surface area contributed by atoms with Gasteiger partial charge >= 0.3 is 0 Å². The third-order valence-corrected chi connectivity index (χ3v) is 3.45. The van der Waals surface area contributed by atoms with Crippen LogP contribution in [0.2, 0.25) is 0 Å². The van der Waals surface area contributed by atoms with Crippen molar-refractivity contribution in [2.24, 2.45) is 0 Å². The zero-order chi connectivity index (χ0) is 12.9. The lowest BCUT2D eigenvalue weighted by Gasteiger charge is -2.33. The first-order valence-electron chi connectivity index (χ1n) is 6.26. The van der Waals surface area contributed by atoms with Crippen LogP contribution in [0.3, 0.4) is 0 Å². The minimum absolute atomic E-state index is 0.0678. The van der Waals surface area contributed by atoms with Gasteiger partial charge in [-0.3, -0.25) is 14.0 Å². The Balaban J connectivity index is 2.88. The predicted molar refractivity (Wildman–Crippen MR) is 63.2 cm³/mol. The molecule has 0 aromatic rings. The Morgan fingerprint density at radius 3 is 2.53 bits per heavy atom. The summed E-state index contributed by atoms with van der Waals surface area (Å²) in [4.78, 5) is 25.6. The van der Waals surface area contributed by atoms with E-state index in [0.29, 0.717) is 38.8 Å². The Labute approximate surface area is 102 Å². The highest BCUT2D eigenvalue weighted by Gasteiger charge is 2.41.